The van der Waals surface area contributed by atoms with E-state index in [9.17, 15) is 0 Å². The maximum atomic E-state index is 5.25. The molecule has 2 rings (SSSR count). The molecular weight excluding hydrogens is 220 g/mol. The quantitative estimate of drug-likeness (QED) is 0.631. The van der Waals surface area contributed by atoms with Gasteiger partial charge in [0.1, 0.15) is 0 Å². The van der Waals surface area contributed by atoms with Gasteiger partial charge in [0, 0.05) is 31.2 Å². The third-order valence-corrected chi connectivity index (χ3v) is 3.55. The van der Waals surface area contributed by atoms with Gasteiger partial charge >= 0.3 is 0 Å². The molecule has 0 bridgehead atoms. The number of hydrogen-bond donors (Lipinski definition) is 1. The van der Waals surface area contributed by atoms with Crippen LogP contribution in [-0.4, -0.2) is 25.7 Å². The molecule has 1 fully saturated rings. The van der Waals surface area contributed by atoms with E-state index in [0.717, 1.165) is 32.5 Å². The minimum absolute atomic E-state index is 0.669. The van der Waals surface area contributed by atoms with Crippen molar-refractivity contribution in [3.8, 4) is 12.3 Å². The number of piperidine rings is 1. The number of unbranched alkanes of at least 4 members (excludes halogenated alkanes) is 1. The molecule has 0 saturated carbocycles. The molecule has 2 heteroatoms. The summed E-state index contributed by atoms with van der Waals surface area (Å²) in [5.74, 6) is 2.69. The monoisotopic (exact) mass is 242 g/mol. The first-order valence-corrected chi connectivity index (χ1v) is 6.87. The Balaban J connectivity index is 1.70. The smallest absolute Gasteiger partial charge is 0.0366 e. The van der Waals surface area contributed by atoms with Crippen LogP contribution in [0.5, 0.6) is 0 Å². The number of benzene rings is 1. The van der Waals surface area contributed by atoms with Crippen LogP contribution >= 0.6 is 0 Å². The number of hydrogen-bond acceptors (Lipinski definition) is 2. The summed E-state index contributed by atoms with van der Waals surface area (Å²) in [6, 6.07) is 11.4. The molecule has 96 valence electrons. The van der Waals surface area contributed by atoms with Crippen LogP contribution in [0.15, 0.2) is 30.3 Å². The first-order chi connectivity index (χ1) is 8.90. The first-order valence-electron chi connectivity index (χ1n) is 6.87. The van der Waals surface area contributed by atoms with E-state index in [2.05, 4.69) is 46.5 Å². The van der Waals surface area contributed by atoms with Crippen LogP contribution in [0.4, 0.5) is 5.69 Å². The van der Waals surface area contributed by atoms with Crippen LogP contribution in [0.2, 0.25) is 0 Å². The van der Waals surface area contributed by atoms with Gasteiger partial charge in [-0.05, 0) is 37.9 Å². The predicted molar refractivity (Wildman–Crippen MR) is 77.7 cm³/mol. The molecule has 0 unspecified atom stereocenters. The summed E-state index contributed by atoms with van der Waals surface area (Å²) < 4.78 is 0. The summed E-state index contributed by atoms with van der Waals surface area (Å²) in [5.41, 5.74) is 1.35. The average molecular weight is 242 g/mol. The third kappa shape index (κ3) is 3.78. The topological polar surface area (TPSA) is 15.3 Å². The van der Waals surface area contributed by atoms with Gasteiger partial charge in [0.2, 0.25) is 0 Å². The van der Waals surface area contributed by atoms with Crippen molar-refractivity contribution >= 4 is 5.69 Å². The van der Waals surface area contributed by atoms with E-state index in [0.29, 0.717) is 6.04 Å². The van der Waals surface area contributed by atoms with Crippen LogP contribution < -0.4 is 10.2 Å². The van der Waals surface area contributed by atoms with E-state index in [1.165, 1.54) is 18.5 Å². The predicted octanol–water partition coefficient (Wildman–Crippen LogP) is 2.66. The van der Waals surface area contributed by atoms with Crippen molar-refractivity contribution in [2.24, 2.45) is 0 Å². The summed E-state index contributed by atoms with van der Waals surface area (Å²) in [6.07, 6.45) is 9.68. The lowest BCUT2D eigenvalue weighted by Crippen LogP contribution is -2.42. The summed E-state index contributed by atoms with van der Waals surface area (Å²) in [5, 5.41) is 3.61. The van der Waals surface area contributed by atoms with E-state index in [1.54, 1.807) is 0 Å². The van der Waals surface area contributed by atoms with E-state index in [-0.39, 0.29) is 0 Å². The summed E-state index contributed by atoms with van der Waals surface area (Å²) >= 11 is 0. The van der Waals surface area contributed by atoms with Gasteiger partial charge in [-0.2, -0.15) is 0 Å². The van der Waals surface area contributed by atoms with Crippen molar-refractivity contribution in [3.05, 3.63) is 30.3 Å². The van der Waals surface area contributed by atoms with Gasteiger partial charge in [-0.1, -0.05) is 18.2 Å². The normalized spacial score (nSPS) is 16.5. The highest BCUT2D eigenvalue weighted by Gasteiger charge is 2.18. The minimum Gasteiger partial charge on any atom is -0.371 e. The second kappa shape index (κ2) is 7.08. The van der Waals surface area contributed by atoms with Gasteiger partial charge in [0.05, 0.1) is 0 Å². The Kier molecular flexibility index (Phi) is 5.11. The maximum Gasteiger partial charge on any atom is 0.0366 e. The van der Waals surface area contributed by atoms with E-state index in [4.69, 9.17) is 6.42 Å². The molecule has 1 aromatic carbocycles. The zero-order valence-electron chi connectivity index (χ0n) is 10.9. The lowest BCUT2D eigenvalue weighted by molar-refractivity contribution is 0.414. The maximum absolute atomic E-state index is 5.25. The third-order valence-electron chi connectivity index (χ3n) is 3.55. The second-order valence-corrected chi connectivity index (χ2v) is 4.86. The molecule has 1 aromatic rings. The van der Waals surface area contributed by atoms with Crippen LogP contribution in [-0.2, 0) is 0 Å². The van der Waals surface area contributed by atoms with Crippen molar-refractivity contribution in [1.29, 1.82) is 0 Å². The molecule has 1 aliphatic rings. The van der Waals surface area contributed by atoms with E-state index in [1.807, 2.05) is 0 Å². The van der Waals surface area contributed by atoms with Crippen molar-refractivity contribution in [2.75, 3.05) is 24.5 Å². The van der Waals surface area contributed by atoms with Crippen molar-refractivity contribution < 1.29 is 0 Å². The highest BCUT2D eigenvalue weighted by molar-refractivity contribution is 5.46. The van der Waals surface area contributed by atoms with Gasteiger partial charge in [-0.25, -0.2) is 0 Å². The Morgan fingerprint density at radius 2 is 1.94 bits per heavy atom. The lowest BCUT2D eigenvalue weighted by atomic mass is 10.0. The molecule has 2 nitrogen and oxygen atoms in total. The molecule has 1 aliphatic heterocycles. The molecule has 1 N–H and O–H groups in total. The van der Waals surface area contributed by atoms with Gasteiger partial charge in [-0.15, -0.1) is 12.3 Å². The van der Waals surface area contributed by atoms with Gasteiger partial charge < -0.3 is 10.2 Å². The largest absolute Gasteiger partial charge is 0.371 e. The molecule has 18 heavy (non-hydrogen) atoms. The van der Waals surface area contributed by atoms with Gasteiger partial charge in [0.15, 0.2) is 0 Å². The van der Waals surface area contributed by atoms with Crippen LogP contribution in [0, 0.1) is 12.3 Å². The Hall–Kier alpha value is -1.46. The van der Waals surface area contributed by atoms with Crippen LogP contribution in [0.3, 0.4) is 0 Å². The molecule has 0 radical (unpaired) electrons. The molecule has 1 saturated heterocycles. The molecule has 0 atom stereocenters. The molecule has 0 amide bonds. The number of rotatable bonds is 5. The zero-order chi connectivity index (χ0) is 12.6. The van der Waals surface area contributed by atoms with Crippen molar-refractivity contribution in [3.63, 3.8) is 0 Å². The summed E-state index contributed by atoms with van der Waals surface area (Å²) in [6.45, 7) is 3.36. The van der Waals surface area contributed by atoms with E-state index < -0.39 is 0 Å². The van der Waals surface area contributed by atoms with Crippen LogP contribution in [0.1, 0.15) is 25.7 Å². The van der Waals surface area contributed by atoms with Crippen molar-refractivity contribution in [2.45, 2.75) is 31.7 Å². The molecular formula is C16H22N2. The second-order valence-electron chi connectivity index (χ2n) is 4.86. The minimum atomic E-state index is 0.669. The zero-order valence-corrected chi connectivity index (χ0v) is 10.9. The SMILES string of the molecule is C#CCCCNC1CCN(c2ccccc2)CC1. The number of terminal acetylenes is 1. The number of para-hydroxylation sites is 1. The Labute approximate surface area is 110 Å². The number of anilines is 1. The molecule has 0 aliphatic carbocycles. The summed E-state index contributed by atoms with van der Waals surface area (Å²) in [7, 11) is 0. The summed E-state index contributed by atoms with van der Waals surface area (Å²) in [4.78, 5) is 2.47. The van der Waals surface area contributed by atoms with Gasteiger partial charge in [-0.3, -0.25) is 0 Å². The Morgan fingerprint density at radius 1 is 1.22 bits per heavy atom. The Morgan fingerprint density at radius 3 is 2.61 bits per heavy atom. The fourth-order valence-corrected chi connectivity index (χ4v) is 2.48. The average Bonchev–Trinajstić information content (AvgIpc) is 2.45. The fourth-order valence-electron chi connectivity index (χ4n) is 2.48. The number of nitrogens with one attached hydrogen (secondary N) is 1. The lowest BCUT2D eigenvalue weighted by Gasteiger charge is -2.34. The van der Waals surface area contributed by atoms with E-state index >= 15 is 0 Å². The first kappa shape index (κ1) is 13.0. The van der Waals surface area contributed by atoms with Crippen LogP contribution in [0.25, 0.3) is 0 Å². The molecule has 0 spiro atoms. The molecule has 1 heterocycles. The standard InChI is InChI=1S/C16H22N2/c1-2-3-7-12-17-15-10-13-18(14-11-15)16-8-5-4-6-9-16/h1,4-6,8-9,15,17H,3,7,10-14H2. The highest BCUT2D eigenvalue weighted by Crippen LogP contribution is 2.19. The number of nitrogens with zero attached hydrogens (tertiary/aromatic N) is 1. The molecule has 0 aromatic heterocycles. The fraction of sp³-hybridized carbons (Fsp3) is 0.500. The van der Waals surface area contributed by atoms with Crippen molar-refractivity contribution in [1.82, 2.24) is 5.32 Å². The Bertz CT molecular complexity index is 372. The van der Waals surface area contributed by atoms with Gasteiger partial charge in [0.25, 0.3) is 0 Å². The highest BCUT2D eigenvalue weighted by atomic mass is 15.1.